The summed E-state index contributed by atoms with van der Waals surface area (Å²) in [6, 6.07) is 0.487. The maximum Gasteiger partial charge on any atom is 0.394 e. The molecule has 1 saturated carbocycles. The van der Waals surface area contributed by atoms with E-state index in [1.807, 2.05) is 5.32 Å². The number of nitrogens with zero attached hydrogens (tertiary/aromatic N) is 5. The quantitative estimate of drug-likeness (QED) is 0.221. The van der Waals surface area contributed by atoms with E-state index in [4.69, 9.17) is 5.11 Å². The lowest BCUT2D eigenvalue weighted by molar-refractivity contribution is -0.187. The second-order valence-corrected chi connectivity index (χ2v) is 9.70. The zero-order valence-corrected chi connectivity index (χ0v) is 21.0. The average Bonchev–Trinajstić information content (AvgIpc) is 3.50. The number of hydrogen-bond acceptors (Lipinski definition) is 9. The maximum absolute atomic E-state index is 13.8. The number of carbonyl (C=O) groups is 2. The van der Waals surface area contributed by atoms with E-state index in [0.717, 1.165) is 6.20 Å². The van der Waals surface area contributed by atoms with Crippen LogP contribution in [0.25, 0.3) is 5.65 Å². The molecule has 4 N–H and O–H groups in total. The minimum atomic E-state index is -4.80. The molecular formula is C23H26F5N7O5. The fourth-order valence-corrected chi connectivity index (χ4v) is 4.49. The monoisotopic (exact) mass is 575 g/mol. The first kappa shape index (κ1) is 29.3. The van der Waals surface area contributed by atoms with Crippen molar-refractivity contribution in [1.82, 2.24) is 35.5 Å². The lowest BCUT2D eigenvalue weighted by atomic mass is 9.81. The highest BCUT2D eigenvalue weighted by Gasteiger charge is 2.41. The Labute approximate surface area is 222 Å². The van der Waals surface area contributed by atoms with Crippen molar-refractivity contribution in [2.24, 2.45) is 11.8 Å². The van der Waals surface area contributed by atoms with Crippen LogP contribution >= 0.6 is 0 Å². The second-order valence-electron chi connectivity index (χ2n) is 9.70. The highest BCUT2D eigenvalue weighted by Crippen LogP contribution is 2.41. The predicted molar refractivity (Wildman–Crippen MR) is 123 cm³/mol. The summed E-state index contributed by atoms with van der Waals surface area (Å²) in [7, 11) is 0. The van der Waals surface area contributed by atoms with Gasteiger partial charge in [-0.15, -0.1) is 0 Å². The first-order valence-electron chi connectivity index (χ1n) is 12.3. The third-order valence-electron chi connectivity index (χ3n) is 6.79. The number of nitrogens with one attached hydrogen (secondary N) is 2. The van der Waals surface area contributed by atoms with E-state index < -0.39 is 61.0 Å². The summed E-state index contributed by atoms with van der Waals surface area (Å²) < 4.78 is 72.0. The van der Waals surface area contributed by atoms with Crippen LogP contribution in [0, 0.1) is 18.8 Å². The van der Waals surface area contributed by atoms with Gasteiger partial charge in [-0.2, -0.15) is 18.3 Å². The van der Waals surface area contributed by atoms with Crippen molar-refractivity contribution in [2.45, 2.75) is 63.4 Å². The SMILES string of the molecule is Cc1nonc1C(=O)N[C@H](c1cn2ncc([C@@H](O)NC(=O)CC(CO)C(F)(F)F)cc2n1)C1CCC(F)(F)CC1. The second kappa shape index (κ2) is 11.4. The van der Waals surface area contributed by atoms with E-state index in [0.29, 0.717) is 0 Å². The van der Waals surface area contributed by atoms with Gasteiger partial charge in [-0.3, -0.25) is 9.59 Å². The molecule has 0 radical (unpaired) electrons. The Hall–Kier alpha value is -3.73. The third kappa shape index (κ3) is 6.70. The summed E-state index contributed by atoms with van der Waals surface area (Å²) in [5.74, 6) is -7.32. The van der Waals surface area contributed by atoms with Gasteiger partial charge in [0, 0.05) is 24.8 Å². The summed E-state index contributed by atoms with van der Waals surface area (Å²) in [5.41, 5.74) is 0.556. The van der Waals surface area contributed by atoms with Crippen LogP contribution in [0.3, 0.4) is 0 Å². The molecule has 3 aromatic heterocycles. The fourth-order valence-electron chi connectivity index (χ4n) is 4.49. The first-order chi connectivity index (χ1) is 18.8. The van der Waals surface area contributed by atoms with Gasteiger partial charge in [0.15, 0.2) is 17.6 Å². The van der Waals surface area contributed by atoms with Crippen molar-refractivity contribution >= 4 is 17.5 Å². The number of fused-ring (bicyclic) bond motifs is 1. The average molecular weight is 575 g/mol. The van der Waals surface area contributed by atoms with Crippen molar-refractivity contribution in [3.63, 3.8) is 0 Å². The Kier molecular flexibility index (Phi) is 8.34. The summed E-state index contributed by atoms with van der Waals surface area (Å²) in [6.45, 7) is 0.218. The van der Waals surface area contributed by atoms with Crippen LogP contribution in [0.1, 0.15) is 71.8 Å². The number of rotatable bonds is 9. The van der Waals surface area contributed by atoms with Gasteiger partial charge in [0.05, 0.1) is 36.7 Å². The maximum atomic E-state index is 13.8. The number of alkyl halides is 5. The largest absolute Gasteiger partial charge is 0.396 e. The minimum absolute atomic E-state index is 0.00672. The van der Waals surface area contributed by atoms with Crippen molar-refractivity contribution < 1.29 is 46.4 Å². The topological polar surface area (TPSA) is 168 Å². The van der Waals surface area contributed by atoms with Gasteiger partial charge in [-0.05, 0) is 36.9 Å². The van der Waals surface area contributed by atoms with Crippen LogP contribution in [-0.4, -0.2) is 65.6 Å². The molecule has 0 spiro atoms. The molecule has 3 aromatic rings. The van der Waals surface area contributed by atoms with Crippen LogP contribution in [0.5, 0.6) is 0 Å². The van der Waals surface area contributed by atoms with Crippen LogP contribution in [-0.2, 0) is 4.79 Å². The molecule has 1 unspecified atom stereocenters. The fraction of sp³-hybridized carbons (Fsp3) is 0.565. The van der Waals surface area contributed by atoms with Crippen molar-refractivity contribution in [3.8, 4) is 0 Å². The molecule has 40 heavy (non-hydrogen) atoms. The van der Waals surface area contributed by atoms with Crippen LogP contribution in [0.15, 0.2) is 23.1 Å². The van der Waals surface area contributed by atoms with E-state index in [1.54, 1.807) is 0 Å². The molecule has 1 fully saturated rings. The van der Waals surface area contributed by atoms with E-state index >= 15 is 0 Å². The molecule has 12 nitrogen and oxygen atoms in total. The number of aromatic nitrogens is 5. The third-order valence-corrected chi connectivity index (χ3v) is 6.79. The Morgan fingerprint density at radius 2 is 1.93 bits per heavy atom. The Morgan fingerprint density at radius 1 is 1.23 bits per heavy atom. The first-order valence-corrected chi connectivity index (χ1v) is 12.3. The number of amides is 2. The number of carbonyl (C=O) groups excluding carboxylic acids is 2. The molecule has 0 aliphatic heterocycles. The highest BCUT2D eigenvalue weighted by atomic mass is 19.4. The van der Waals surface area contributed by atoms with Gasteiger partial charge in [0.1, 0.15) is 5.69 Å². The molecule has 1 aliphatic rings. The zero-order chi connectivity index (χ0) is 29.2. The number of halogens is 5. The molecule has 0 saturated heterocycles. The van der Waals surface area contributed by atoms with Crippen LogP contribution < -0.4 is 10.6 Å². The van der Waals surface area contributed by atoms with Gasteiger partial charge in [-0.1, -0.05) is 5.16 Å². The Bertz CT molecular complexity index is 1350. The molecule has 3 heterocycles. The molecule has 4 rings (SSSR count). The van der Waals surface area contributed by atoms with Gasteiger partial charge in [-0.25, -0.2) is 22.9 Å². The van der Waals surface area contributed by atoms with E-state index in [9.17, 15) is 36.6 Å². The van der Waals surface area contributed by atoms with Gasteiger partial charge < -0.3 is 20.8 Å². The number of aliphatic hydroxyl groups excluding tert-OH is 2. The van der Waals surface area contributed by atoms with Crippen molar-refractivity contribution in [3.05, 3.63) is 41.1 Å². The lowest BCUT2D eigenvalue weighted by Crippen LogP contribution is -2.37. The zero-order valence-electron chi connectivity index (χ0n) is 21.0. The van der Waals surface area contributed by atoms with E-state index in [-0.39, 0.29) is 54.0 Å². The molecule has 0 aromatic carbocycles. The predicted octanol–water partition coefficient (Wildman–Crippen LogP) is 2.39. The molecule has 2 amide bonds. The number of aryl methyl sites for hydroxylation is 1. The summed E-state index contributed by atoms with van der Waals surface area (Å²) in [4.78, 5) is 29.3. The minimum Gasteiger partial charge on any atom is -0.396 e. The molecule has 17 heteroatoms. The highest BCUT2D eigenvalue weighted by molar-refractivity contribution is 5.93. The van der Waals surface area contributed by atoms with Gasteiger partial charge in [0.25, 0.3) is 5.91 Å². The standard InChI is InChI=1S/C23H26F5N7O5/c1-11-18(34-40-33-11)21(39)32-19(12-2-4-22(24,25)5-3-12)15-9-35-16(30-15)6-13(8-29-35)20(38)31-17(37)7-14(10-36)23(26,27)28/h6,8-9,12,14,19-20,36,38H,2-5,7,10H2,1H3,(H,31,37)(H,32,39)/t14?,19-,20+/m0/s1. The molecule has 218 valence electrons. The molecule has 1 aliphatic carbocycles. The van der Waals surface area contributed by atoms with Crippen molar-refractivity contribution in [1.29, 1.82) is 0 Å². The van der Waals surface area contributed by atoms with Crippen molar-refractivity contribution in [2.75, 3.05) is 6.61 Å². The molecule has 3 atom stereocenters. The Balaban J connectivity index is 1.55. The summed E-state index contributed by atoms with van der Waals surface area (Å²) >= 11 is 0. The smallest absolute Gasteiger partial charge is 0.394 e. The Morgan fingerprint density at radius 3 is 2.52 bits per heavy atom. The molecular weight excluding hydrogens is 549 g/mol. The molecule has 0 bridgehead atoms. The summed E-state index contributed by atoms with van der Waals surface area (Å²) in [6.07, 6.45) is -5.58. The number of hydrogen-bond donors (Lipinski definition) is 4. The number of aliphatic hydroxyl groups is 2. The summed E-state index contributed by atoms with van der Waals surface area (Å²) in [5, 5.41) is 35.3. The van der Waals surface area contributed by atoms with E-state index in [1.165, 1.54) is 23.7 Å². The van der Waals surface area contributed by atoms with Crippen LogP contribution in [0.4, 0.5) is 22.0 Å². The van der Waals surface area contributed by atoms with E-state index in [2.05, 4.69) is 30.3 Å². The number of imidazole rings is 1. The van der Waals surface area contributed by atoms with Crippen LogP contribution in [0.2, 0.25) is 0 Å². The van der Waals surface area contributed by atoms with Gasteiger partial charge >= 0.3 is 6.18 Å². The lowest BCUT2D eigenvalue weighted by Gasteiger charge is -2.33. The van der Waals surface area contributed by atoms with Gasteiger partial charge in [0.2, 0.25) is 11.8 Å². The normalized spacial score (nSPS) is 18.3.